The molecule has 94 valence electrons. The Morgan fingerprint density at radius 3 is 2.56 bits per heavy atom. The summed E-state index contributed by atoms with van der Waals surface area (Å²) in [5, 5.41) is 8.76. The molecule has 1 aromatic heterocycles. The lowest BCUT2D eigenvalue weighted by atomic mass is 10.0. The number of aromatic nitrogens is 2. The van der Waals surface area contributed by atoms with Gasteiger partial charge < -0.3 is 10.5 Å². The Hall–Kier alpha value is -1.36. The molecular formula is C12H11Cl2N3O. The standard InChI is InChI=1S/C12H11Cl2N3O/c1-18-10-6-5-9(16-17-10)12(15)7-3-2-4-8(13)11(7)14/h2-6,12H,15H2,1H3. The molecule has 2 N–H and O–H groups in total. The third-order valence-corrected chi connectivity index (χ3v) is 3.34. The second-order valence-corrected chi connectivity index (χ2v) is 4.41. The molecule has 0 saturated carbocycles. The van der Waals surface area contributed by atoms with Crippen LogP contribution < -0.4 is 10.5 Å². The predicted molar refractivity (Wildman–Crippen MR) is 71.1 cm³/mol. The maximum atomic E-state index is 6.11. The van der Waals surface area contributed by atoms with Crippen molar-refractivity contribution in [3.63, 3.8) is 0 Å². The average molecular weight is 284 g/mol. The van der Waals surface area contributed by atoms with Gasteiger partial charge in [0.15, 0.2) is 0 Å². The average Bonchev–Trinajstić information content (AvgIpc) is 2.41. The smallest absolute Gasteiger partial charge is 0.233 e. The van der Waals surface area contributed by atoms with Gasteiger partial charge in [0.05, 0.1) is 28.9 Å². The second-order valence-electron chi connectivity index (χ2n) is 3.62. The Bertz CT molecular complexity index is 546. The summed E-state index contributed by atoms with van der Waals surface area (Å²) in [6.07, 6.45) is 0. The zero-order valence-electron chi connectivity index (χ0n) is 9.60. The highest BCUT2D eigenvalue weighted by atomic mass is 35.5. The van der Waals surface area contributed by atoms with E-state index in [1.54, 1.807) is 24.3 Å². The Balaban J connectivity index is 2.35. The summed E-state index contributed by atoms with van der Waals surface area (Å²) in [6, 6.07) is 8.27. The molecule has 1 unspecified atom stereocenters. The monoisotopic (exact) mass is 283 g/mol. The minimum Gasteiger partial charge on any atom is -0.480 e. The van der Waals surface area contributed by atoms with Crippen LogP contribution >= 0.6 is 23.2 Å². The molecule has 2 rings (SSSR count). The Morgan fingerprint density at radius 2 is 1.94 bits per heavy atom. The van der Waals surface area contributed by atoms with Crippen LogP contribution in [0.4, 0.5) is 0 Å². The van der Waals surface area contributed by atoms with E-state index >= 15 is 0 Å². The minimum atomic E-state index is -0.477. The highest BCUT2D eigenvalue weighted by Gasteiger charge is 2.16. The molecule has 1 heterocycles. The normalized spacial score (nSPS) is 12.2. The molecule has 0 aliphatic rings. The lowest BCUT2D eigenvalue weighted by molar-refractivity contribution is 0.390. The number of hydrogen-bond donors (Lipinski definition) is 1. The molecule has 4 nitrogen and oxygen atoms in total. The van der Waals surface area contributed by atoms with Gasteiger partial charge in [-0.15, -0.1) is 10.2 Å². The number of methoxy groups -OCH3 is 1. The largest absolute Gasteiger partial charge is 0.480 e. The molecule has 0 aliphatic carbocycles. The highest BCUT2D eigenvalue weighted by molar-refractivity contribution is 6.42. The first-order valence-corrected chi connectivity index (χ1v) is 5.96. The van der Waals surface area contributed by atoms with E-state index in [0.29, 0.717) is 27.2 Å². The van der Waals surface area contributed by atoms with Gasteiger partial charge in [-0.05, 0) is 17.7 Å². The van der Waals surface area contributed by atoms with Gasteiger partial charge in [-0.25, -0.2) is 0 Å². The van der Waals surface area contributed by atoms with Crippen LogP contribution in [0.25, 0.3) is 0 Å². The summed E-state index contributed by atoms with van der Waals surface area (Å²) in [7, 11) is 1.53. The summed E-state index contributed by atoms with van der Waals surface area (Å²) >= 11 is 12.1. The molecule has 1 aromatic carbocycles. The zero-order valence-corrected chi connectivity index (χ0v) is 11.1. The number of nitrogens with two attached hydrogens (primary N) is 1. The van der Waals surface area contributed by atoms with E-state index in [-0.39, 0.29) is 0 Å². The molecule has 0 spiro atoms. The summed E-state index contributed by atoms with van der Waals surface area (Å²) in [4.78, 5) is 0. The third kappa shape index (κ3) is 2.56. The predicted octanol–water partition coefficient (Wildman–Crippen LogP) is 2.84. The number of benzene rings is 1. The Labute approximate surface area is 115 Å². The van der Waals surface area contributed by atoms with Gasteiger partial charge in [-0.3, -0.25) is 0 Å². The van der Waals surface area contributed by atoms with Crippen LogP contribution in [0.1, 0.15) is 17.3 Å². The number of halogens is 2. The highest BCUT2D eigenvalue weighted by Crippen LogP contribution is 2.31. The van der Waals surface area contributed by atoms with E-state index in [2.05, 4.69) is 10.2 Å². The maximum Gasteiger partial charge on any atom is 0.233 e. The third-order valence-electron chi connectivity index (χ3n) is 2.51. The lowest BCUT2D eigenvalue weighted by Crippen LogP contribution is -2.14. The van der Waals surface area contributed by atoms with Gasteiger partial charge in [0.25, 0.3) is 0 Å². The molecule has 0 radical (unpaired) electrons. The summed E-state index contributed by atoms with van der Waals surface area (Å²) in [5.41, 5.74) is 7.40. The molecule has 1 atom stereocenters. The molecule has 0 amide bonds. The first kappa shape index (κ1) is 13.1. The van der Waals surface area contributed by atoms with Crippen LogP contribution in [0.15, 0.2) is 30.3 Å². The number of ether oxygens (including phenoxy) is 1. The summed E-state index contributed by atoms with van der Waals surface area (Å²) < 4.78 is 4.94. The maximum absolute atomic E-state index is 6.11. The second kappa shape index (κ2) is 5.52. The Kier molecular flexibility index (Phi) is 4.01. The van der Waals surface area contributed by atoms with Crippen LogP contribution in [-0.2, 0) is 0 Å². The van der Waals surface area contributed by atoms with E-state index in [1.165, 1.54) is 7.11 Å². The van der Waals surface area contributed by atoms with Gasteiger partial charge in [0.2, 0.25) is 5.88 Å². The van der Waals surface area contributed by atoms with Crippen LogP contribution in [-0.4, -0.2) is 17.3 Å². The molecule has 18 heavy (non-hydrogen) atoms. The number of hydrogen-bond acceptors (Lipinski definition) is 4. The topological polar surface area (TPSA) is 61.0 Å². The molecule has 0 saturated heterocycles. The van der Waals surface area contributed by atoms with Crippen molar-refractivity contribution in [2.75, 3.05) is 7.11 Å². The van der Waals surface area contributed by atoms with Crippen molar-refractivity contribution in [1.29, 1.82) is 0 Å². The first-order chi connectivity index (χ1) is 8.63. The van der Waals surface area contributed by atoms with Gasteiger partial charge in [-0.1, -0.05) is 35.3 Å². The van der Waals surface area contributed by atoms with E-state index in [9.17, 15) is 0 Å². The van der Waals surface area contributed by atoms with Crippen molar-refractivity contribution in [3.05, 3.63) is 51.6 Å². The fourth-order valence-corrected chi connectivity index (χ4v) is 1.95. The molecular weight excluding hydrogens is 273 g/mol. The van der Waals surface area contributed by atoms with Crippen molar-refractivity contribution < 1.29 is 4.74 Å². The number of nitrogens with zero attached hydrogens (tertiary/aromatic N) is 2. The number of rotatable bonds is 3. The van der Waals surface area contributed by atoms with Crippen LogP contribution in [0.5, 0.6) is 5.88 Å². The molecule has 0 aliphatic heterocycles. The lowest BCUT2D eigenvalue weighted by Gasteiger charge is -2.13. The van der Waals surface area contributed by atoms with Gasteiger partial charge in [-0.2, -0.15) is 0 Å². The van der Waals surface area contributed by atoms with Crippen molar-refractivity contribution in [2.24, 2.45) is 5.73 Å². The van der Waals surface area contributed by atoms with Gasteiger partial charge in [0.1, 0.15) is 0 Å². The quantitative estimate of drug-likeness (QED) is 0.941. The molecule has 0 fully saturated rings. The molecule has 6 heteroatoms. The Morgan fingerprint density at radius 1 is 1.17 bits per heavy atom. The molecule has 2 aromatic rings. The van der Waals surface area contributed by atoms with E-state index in [0.717, 1.165) is 0 Å². The van der Waals surface area contributed by atoms with E-state index in [4.69, 9.17) is 33.7 Å². The van der Waals surface area contributed by atoms with Gasteiger partial charge in [0, 0.05) is 6.07 Å². The van der Waals surface area contributed by atoms with Crippen molar-refractivity contribution in [2.45, 2.75) is 6.04 Å². The van der Waals surface area contributed by atoms with E-state index < -0.39 is 6.04 Å². The van der Waals surface area contributed by atoms with Crippen molar-refractivity contribution in [3.8, 4) is 5.88 Å². The zero-order chi connectivity index (χ0) is 13.1. The molecule has 0 bridgehead atoms. The SMILES string of the molecule is COc1ccc(C(N)c2cccc(Cl)c2Cl)nn1. The van der Waals surface area contributed by atoms with Crippen molar-refractivity contribution >= 4 is 23.2 Å². The van der Waals surface area contributed by atoms with Crippen LogP contribution in [0, 0.1) is 0 Å². The first-order valence-electron chi connectivity index (χ1n) is 5.20. The van der Waals surface area contributed by atoms with Crippen molar-refractivity contribution in [1.82, 2.24) is 10.2 Å². The van der Waals surface area contributed by atoms with Gasteiger partial charge >= 0.3 is 0 Å². The fourth-order valence-electron chi connectivity index (χ4n) is 1.53. The van der Waals surface area contributed by atoms with E-state index in [1.807, 2.05) is 6.07 Å². The summed E-state index contributed by atoms with van der Waals surface area (Å²) in [6.45, 7) is 0. The fraction of sp³-hybridized carbons (Fsp3) is 0.167. The summed E-state index contributed by atoms with van der Waals surface area (Å²) in [5.74, 6) is 0.433. The van der Waals surface area contributed by atoms with Crippen LogP contribution in [0.2, 0.25) is 10.0 Å². The minimum absolute atomic E-state index is 0.433. The van der Waals surface area contributed by atoms with Crippen LogP contribution in [0.3, 0.4) is 0 Å².